The molecule has 6 rings (SSSR count). The average molecular weight is 498 g/mol. The Balaban J connectivity index is 1.22. The molecule has 1 aromatic heterocycles. The highest BCUT2D eigenvalue weighted by atomic mass is 19.1. The Bertz CT molecular complexity index is 1440. The zero-order valence-electron chi connectivity index (χ0n) is 21.4. The summed E-state index contributed by atoms with van der Waals surface area (Å²) in [7, 11) is 0. The van der Waals surface area contributed by atoms with Gasteiger partial charge in [0.05, 0.1) is 6.54 Å². The van der Waals surface area contributed by atoms with E-state index in [2.05, 4.69) is 41.6 Å². The summed E-state index contributed by atoms with van der Waals surface area (Å²) in [6.07, 6.45) is 3.62. The normalized spacial score (nSPS) is 17.7. The van der Waals surface area contributed by atoms with Crippen LogP contribution in [0.15, 0.2) is 79.0 Å². The smallest absolute Gasteiger partial charge is 0.415 e. The number of halogens is 1. The van der Waals surface area contributed by atoms with Crippen LogP contribution in [0, 0.1) is 5.82 Å². The summed E-state index contributed by atoms with van der Waals surface area (Å²) in [4.78, 5) is 16.9. The van der Waals surface area contributed by atoms with E-state index in [1.165, 1.54) is 17.1 Å². The molecule has 5 nitrogen and oxygen atoms in total. The van der Waals surface area contributed by atoms with E-state index >= 15 is 0 Å². The summed E-state index contributed by atoms with van der Waals surface area (Å²) < 4.78 is 22.8. The summed E-state index contributed by atoms with van der Waals surface area (Å²) in [5, 5.41) is 1.16. The van der Waals surface area contributed by atoms with Crippen LogP contribution in [0.4, 0.5) is 14.9 Å². The lowest BCUT2D eigenvalue weighted by Crippen LogP contribution is -2.46. The molecule has 0 unspecified atom stereocenters. The van der Waals surface area contributed by atoms with Gasteiger partial charge < -0.3 is 9.30 Å². The largest absolute Gasteiger partial charge is 0.441 e. The summed E-state index contributed by atoms with van der Waals surface area (Å²) in [6, 6.07) is 23.3. The quantitative estimate of drug-likeness (QED) is 0.297. The zero-order chi connectivity index (χ0) is 25.6. The van der Waals surface area contributed by atoms with Gasteiger partial charge >= 0.3 is 6.09 Å². The molecule has 2 aliphatic heterocycles. The van der Waals surface area contributed by atoms with Crippen molar-refractivity contribution in [2.75, 3.05) is 24.5 Å². The predicted octanol–water partition coefficient (Wildman–Crippen LogP) is 7.02. The van der Waals surface area contributed by atoms with Crippen molar-refractivity contribution in [1.29, 1.82) is 0 Å². The number of anilines is 1. The summed E-state index contributed by atoms with van der Waals surface area (Å²) in [5.41, 5.74) is 4.39. The molecule has 6 heteroatoms. The average Bonchev–Trinajstić information content (AvgIpc) is 3.43. The Kier molecular flexibility index (Phi) is 6.00. The first kappa shape index (κ1) is 23.7. The summed E-state index contributed by atoms with van der Waals surface area (Å²) >= 11 is 0. The Morgan fingerprint density at radius 1 is 0.973 bits per heavy atom. The molecule has 1 spiro atoms. The third kappa shape index (κ3) is 4.40. The molecule has 1 amide bonds. The number of nitrogens with zero attached hydrogens (tertiary/aromatic N) is 3. The van der Waals surface area contributed by atoms with Crippen LogP contribution in [0.3, 0.4) is 0 Å². The van der Waals surface area contributed by atoms with Crippen molar-refractivity contribution in [3.05, 3.63) is 90.4 Å². The first-order valence-corrected chi connectivity index (χ1v) is 13.1. The fourth-order valence-electron chi connectivity index (χ4n) is 5.79. The number of para-hydroxylation sites is 1. The van der Waals surface area contributed by atoms with Gasteiger partial charge in [0.1, 0.15) is 11.4 Å². The van der Waals surface area contributed by atoms with Crippen molar-refractivity contribution >= 4 is 22.7 Å². The highest BCUT2D eigenvalue weighted by Crippen LogP contribution is 2.37. The number of amides is 1. The Labute approximate surface area is 217 Å². The lowest BCUT2D eigenvalue weighted by molar-refractivity contribution is -0.000890. The molecule has 0 bridgehead atoms. The van der Waals surface area contributed by atoms with Crippen molar-refractivity contribution < 1.29 is 13.9 Å². The van der Waals surface area contributed by atoms with Gasteiger partial charge in [-0.2, -0.15) is 0 Å². The topological polar surface area (TPSA) is 37.7 Å². The lowest BCUT2D eigenvalue weighted by atomic mass is 9.91. The molecule has 0 radical (unpaired) electrons. The number of likely N-dealkylation sites (tertiary alicyclic amines) is 1. The molecular formula is C31H32FN3O2. The molecule has 37 heavy (non-hydrogen) atoms. The van der Waals surface area contributed by atoms with E-state index in [9.17, 15) is 9.18 Å². The number of carbonyl (C=O) groups excluding carboxylic acids is 1. The minimum atomic E-state index is -0.423. The number of aromatic nitrogens is 1. The molecule has 0 saturated carbocycles. The summed E-state index contributed by atoms with van der Waals surface area (Å²) in [5.74, 6) is -0.205. The number of piperidine rings is 1. The van der Waals surface area contributed by atoms with Crippen LogP contribution in [-0.2, 0) is 11.3 Å². The van der Waals surface area contributed by atoms with E-state index in [1.807, 2.05) is 48.5 Å². The van der Waals surface area contributed by atoms with Gasteiger partial charge in [0, 0.05) is 66.9 Å². The molecular weight excluding hydrogens is 465 g/mol. The van der Waals surface area contributed by atoms with Crippen LogP contribution < -0.4 is 4.90 Å². The van der Waals surface area contributed by atoms with Gasteiger partial charge in [0.15, 0.2) is 0 Å². The molecule has 0 N–H and O–H groups in total. The van der Waals surface area contributed by atoms with Crippen LogP contribution in [0.25, 0.3) is 22.0 Å². The number of rotatable bonds is 5. The molecule has 2 fully saturated rings. The van der Waals surface area contributed by atoms with Crippen molar-refractivity contribution in [3.63, 3.8) is 0 Å². The third-order valence-corrected chi connectivity index (χ3v) is 7.86. The van der Waals surface area contributed by atoms with Crippen molar-refractivity contribution in [2.24, 2.45) is 0 Å². The minimum Gasteiger partial charge on any atom is -0.441 e. The Hall–Kier alpha value is -3.64. The van der Waals surface area contributed by atoms with Crippen molar-refractivity contribution in [2.45, 2.75) is 44.9 Å². The van der Waals surface area contributed by atoms with E-state index < -0.39 is 5.60 Å². The maximum atomic E-state index is 14.5. The van der Waals surface area contributed by atoms with E-state index in [4.69, 9.17) is 4.74 Å². The van der Waals surface area contributed by atoms with Gasteiger partial charge in [-0.25, -0.2) is 9.18 Å². The second-order valence-electron chi connectivity index (χ2n) is 10.6. The zero-order valence-corrected chi connectivity index (χ0v) is 21.4. The number of ether oxygens (including phenoxy) is 1. The van der Waals surface area contributed by atoms with Crippen LogP contribution in [0.2, 0.25) is 0 Å². The number of hydrogen-bond donors (Lipinski definition) is 0. The van der Waals surface area contributed by atoms with Gasteiger partial charge in [-0.15, -0.1) is 0 Å². The fourth-order valence-corrected chi connectivity index (χ4v) is 5.79. The van der Waals surface area contributed by atoms with Gasteiger partial charge in [-0.1, -0.05) is 42.5 Å². The number of carbonyl (C=O) groups is 1. The van der Waals surface area contributed by atoms with Crippen LogP contribution in [0.1, 0.15) is 38.3 Å². The fraction of sp³-hybridized carbons (Fsp3) is 0.323. The molecule has 2 saturated heterocycles. The SMILES string of the molecule is CC(C)n1cc(CN2CCC3(CC2)CN(c2ccccc2)C(=O)O3)c2cc(-c3ccccc3F)ccc21. The van der Waals surface area contributed by atoms with Gasteiger partial charge in [0.25, 0.3) is 0 Å². The molecule has 2 aliphatic rings. The molecule has 0 aliphatic carbocycles. The number of hydrogen-bond acceptors (Lipinski definition) is 3. The van der Waals surface area contributed by atoms with Crippen molar-refractivity contribution in [1.82, 2.24) is 9.47 Å². The lowest BCUT2D eigenvalue weighted by Gasteiger charge is -2.37. The molecule has 3 aromatic carbocycles. The van der Waals surface area contributed by atoms with Crippen LogP contribution in [-0.4, -0.2) is 40.8 Å². The predicted molar refractivity (Wildman–Crippen MR) is 145 cm³/mol. The minimum absolute atomic E-state index is 0.205. The van der Waals surface area contributed by atoms with Crippen LogP contribution >= 0.6 is 0 Å². The van der Waals surface area contributed by atoms with Crippen LogP contribution in [0.5, 0.6) is 0 Å². The number of fused-ring (bicyclic) bond motifs is 1. The van der Waals surface area contributed by atoms with E-state index in [1.54, 1.807) is 11.0 Å². The highest BCUT2D eigenvalue weighted by Gasteiger charge is 2.47. The standard InChI is InChI=1S/C31H32FN3O2/c1-22(2)34-20-24(27-18-23(12-13-29(27)34)26-10-6-7-11-28(26)32)19-33-16-14-31(15-17-33)21-35(30(36)37-31)25-8-4-3-5-9-25/h3-13,18,20,22H,14-17,19,21H2,1-2H3. The number of benzene rings is 3. The second kappa shape index (κ2) is 9.34. The van der Waals surface area contributed by atoms with Gasteiger partial charge in [0.2, 0.25) is 0 Å². The van der Waals surface area contributed by atoms with Gasteiger partial charge in [-0.3, -0.25) is 9.80 Å². The summed E-state index contributed by atoms with van der Waals surface area (Å²) in [6.45, 7) is 7.50. The second-order valence-corrected chi connectivity index (χ2v) is 10.6. The molecule has 4 aromatic rings. The Morgan fingerprint density at radius 2 is 1.70 bits per heavy atom. The first-order chi connectivity index (χ1) is 17.9. The maximum absolute atomic E-state index is 14.5. The van der Waals surface area contributed by atoms with Gasteiger partial charge in [-0.05, 0) is 55.3 Å². The maximum Gasteiger partial charge on any atom is 0.415 e. The first-order valence-electron chi connectivity index (χ1n) is 13.1. The van der Waals surface area contributed by atoms with E-state index in [0.29, 0.717) is 18.2 Å². The molecule has 0 atom stereocenters. The highest BCUT2D eigenvalue weighted by molar-refractivity contribution is 5.90. The monoisotopic (exact) mass is 497 g/mol. The molecule has 190 valence electrons. The van der Waals surface area contributed by atoms with Crippen molar-refractivity contribution in [3.8, 4) is 11.1 Å². The van der Waals surface area contributed by atoms with E-state index in [-0.39, 0.29) is 11.9 Å². The molecule has 3 heterocycles. The third-order valence-electron chi connectivity index (χ3n) is 7.86. The van der Waals surface area contributed by atoms with E-state index in [0.717, 1.165) is 49.1 Å². The Morgan fingerprint density at radius 3 is 2.43 bits per heavy atom.